The van der Waals surface area contributed by atoms with Gasteiger partial charge in [0.05, 0.1) is 15.2 Å². The number of nitrogens with zero attached hydrogens (tertiary/aromatic N) is 2. The van der Waals surface area contributed by atoms with Gasteiger partial charge in [-0.25, -0.2) is 9.29 Å². The first-order chi connectivity index (χ1) is 11.7. The van der Waals surface area contributed by atoms with Crippen LogP contribution < -0.4 is 5.32 Å². The van der Waals surface area contributed by atoms with Crippen LogP contribution in [-0.2, 0) is 0 Å². The molecule has 1 N–H and O–H groups in total. The molecule has 2 aromatic rings. The smallest absolute Gasteiger partial charge is 0.0970 e. The lowest BCUT2D eigenvalue weighted by Gasteiger charge is -2.36. The number of hydrogen-bond donors (Lipinski definition) is 1. The fraction of sp³-hybridized carbons (Fsp3) is 0.611. The molecule has 2 atom stereocenters. The minimum Gasteiger partial charge on any atom is -0.317 e. The fourth-order valence-corrected chi connectivity index (χ4v) is 6.99. The van der Waals surface area contributed by atoms with Gasteiger partial charge < -0.3 is 5.32 Å². The van der Waals surface area contributed by atoms with Gasteiger partial charge in [0.2, 0.25) is 0 Å². The third-order valence-electron chi connectivity index (χ3n) is 5.36. The molecule has 0 spiro atoms. The van der Waals surface area contributed by atoms with Gasteiger partial charge in [0, 0.05) is 39.7 Å². The molecule has 24 heavy (non-hydrogen) atoms. The highest BCUT2D eigenvalue weighted by Crippen LogP contribution is 2.41. The third-order valence-corrected chi connectivity index (χ3v) is 8.66. The number of nitrogens with one attached hydrogen (secondary N) is 1. The molecule has 6 heteroatoms. The van der Waals surface area contributed by atoms with E-state index in [0.717, 1.165) is 19.0 Å². The predicted octanol–water partition coefficient (Wildman–Crippen LogP) is 5.53. The second-order valence-electron chi connectivity index (χ2n) is 7.17. The number of benzene rings is 1. The molecule has 0 saturated carbocycles. The highest BCUT2D eigenvalue weighted by atomic mass is 127. The van der Waals surface area contributed by atoms with Crippen LogP contribution >= 0.6 is 41.7 Å². The molecule has 2 aliphatic rings. The molecular formula is C18H24IN3S2. The largest absolute Gasteiger partial charge is 0.317 e. The van der Waals surface area contributed by atoms with Gasteiger partial charge in [-0.1, -0.05) is 13.0 Å². The third kappa shape index (κ3) is 3.63. The summed E-state index contributed by atoms with van der Waals surface area (Å²) >= 11 is 4.34. The average molecular weight is 473 g/mol. The minimum atomic E-state index is 0.538. The van der Waals surface area contributed by atoms with Crippen LogP contribution in [0.25, 0.3) is 10.2 Å². The van der Waals surface area contributed by atoms with Crippen molar-refractivity contribution in [1.82, 2.24) is 14.6 Å². The van der Waals surface area contributed by atoms with Crippen LogP contribution in [0.5, 0.6) is 0 Å². The normalized spacial score (nSPS) is 26.9. The molecule has 2 fully saturated rings. The quantitative estimate of drug-likeness (QED) is 0.469. The van der Waals surface area contributed by atoms with E-state index in [1.54, 1.807) is 0 Å². The lowest BCUT2D eigenvalue weighted by atomic mass is 9.92. The maximum Gasteiger partial charge on any atom is 0.0970 e. The second kappa shape index (κ2) is 7.78. The van der Waals surface area contributed by atoms with Crippen molar-refractivity contribution in [2.45, 2.75) is 44.6 Å². The standard InChI is InChI=1S/C18H24IN3S2/c1-12-2-4-16(22(11-12)24-19)14-3-5-17-15(10-14)21-18(23-17)13-6-8-20-9-7-13/h3,5,10,12-13,16,20H,2,4,6-9,11H2,1H3. The summed E-state index contributed by atoms with van der Waals surface area (Å²) in [7, 11) is 1.86. The molecule has 2 aliphatic heterocycles. The van der Waals surface area contributed by atoms with Crippen LogP contribution in [-0.4, -0.2) is 28.9 Å². The summed E-state index contributed by atoms with van der Waals surface area (Å²) in [6, 6.07) is 7.54. The molecule has 0 bridgehead atoms. The van der Waals surface area contributed by atoms with E-state index in [4.69, 9.17) is 4.98 Å². The molecule has 3 nitrogen and oxygen atoms in total. The highest BCUT2D eigenvalue weighted by Gasteiger charge is 2.28. The lowest BCUT2D eigenvalue weighted by molar-refractivity contribution is 0.226. The number of halogens is 1. The Morgan fingerprint density at radius 1 is 1.25 bits per heavy atom. The average Bonchev–Trinajstić information content (AvgIpc) is 3.05. The van der Waals surface area contributed by atoms with Crippen LogP contribution in [0.15, 0.2) is 18.2 Å². The summed E-state index contributed by atoms with van der Waals surface area (Å²) in [5.74, 6) is 1.46. The Balaban J connectivity index is 1.60. The Kier molecular flexibility index (Phi) is 5.68. The van der Waals surface area contributed by atoms with Crippen molar-refractivity contribution < 1.29 is 0 Å². The number of aromatic nitrogens is 1. The Labute approximate surface area is 164 Å². The van der Waals surface area contributed by atoms with Gasteiger partial charge in [0.25, 0.3) is 0 Å². The van der Waals surface area contributed by atoms with Gasteiger partial charge in [-0.2, -0.15) is 0 Å². The van der Waals surface area contributed by atoms with E-state index in [2.05, 4.69) is 56.0 Å². The predicted molar refractivity (Wildman–Crippen MR) is 114 cm³/mol. The second-order valence-corrected chi connectivity index (χ2v) is 10.0. The van der Waals surface area contributed by atoms with Gasteiger partial charge in [-0.3, -0.25) is 0 Å². The van der Waals surface area contributed by atoms with E-state index in [-0.39, 0.29) is 0 Å². The van der Waals surface area contributed by atoms with Crippen LogP contribution in [0, 0.1) is 5.92 Å². The number of hydrogen-bond acceptors (Lipinski definition) is 5. The molecule has 0 radical (unpaired) electrons. The highest BCUT2D eigenvalue weighted by molar-refractivity contribution is 14.2. The zero-order valence-corrected chi connectivity index (χ0v) is 17.8. The number of fused-ring (bicyclic) bond motifs is 1. The van der Waals surface area contributed by atoms with Crippen molar-refractivity contribution in [3.63, 3.8) is 0 Å². The van der Waals surface area contributed by atoms with Crippen molar-refractivity contribution in [1.29, 1.82) is 0 Å². The van der Waals surface area contributed by atoms with Gasteiger partial charge in [-0.15, -0.1) is 11.3 Å². The molecule has 2 unspecified atom stereocenters. The fourth-order valence-electron chi connectivity index (χ4n) is 3.93. The Morgan fingerprint density at radius 2 is 2.08 bits per heavy atom. The molecule has 1 aromatic heterocycles. The molecule has 0 amide bonds. The van der Waals surface area contributed by atoms with E-state index in [1.807, 2.05) is 20.5 Å². The van der Waals surface area contributed by atoms with Gasteiger partial charge in [-0.05, 0) is 71.5 Å². The number of piperidine rings is 2. The zero-order chi connectivity index (χ0) is 16.5. The lowest BCUT2D eigenvalue weighted by Crippen LogP contribution is -2.31. The molecule has 0 aliphatic carbocycles. The molecule has 4 rings (SSSR count). The first-order valence-corrected chi connectivity index (χ1v) is 13.0. The molecule has 1 aromatic carbocycles. The summed E-state index contributed by atoms with van der Waals surface area (Å²) in [6.07, 6.45) is 5.04. The van der Waals surface area contributed by atoms with E-state index < -0.39 is 0 Å². The van der Waals surface area contributed by atoms with Crippen molar-refractivity contribution >= 4 is 51.9 Å². The van der Waals surface area contributed by atoms with Crippen molar-refractivity contribution in [2.24, 2.45) is 5.92 Å². The number of thiazole rings is 1. The van der Waals surface area contributed by atoms with Crippen LogP contribution in [0.1, 0.15) is 55.1 Å². The summed E-state index contributed by atoms with van der Waals surface area (Å²) < 4.78 is 3.90. The van der Waals surface area contributed by atoms with Crippen LogP contribution in [0.4, 0.5) is 0 Å². The molecule has 130 valence electrons. The first kappa shape index (κ1) is 17.5. The monoisotopic (exact) mass is 473 g/mol. The van der Waals surface area contributed by atoms with Gasteiger partial charge in [0.15, 0.2) is 0 Å². The Morgan fingerprint density at radius 3 is 2.88 bits per heavy atom. The Bertz CT molecular complexity index is 699. The minimum absolute atomic E-state index is 0.538. The maximum atomic E-state index is 5.02. The SMILES string of the molecule is CC1CCC(c2ccc3sc(C4CCNCC4)nc3c2)N(SI)C1. The van der Waals surface area contributed by atoms with E-state index in [1.165, 1.54) is 53.0 Å². The summed E-state index contributed by atoms with van der Waals surface area (Å²) in [6.45, 7) is 5.82. The van der Waals surface area contributed by atoms with Gasteiger partial charge >= 0.3 is 0 Å². The van der Waals surface area contributed by atoms with E-state index >= 15 is 0 Å². The van der Waals surface area contributed by atoms with E-state index in [0.29, 0.717) is 12.0 Å². The summed E-state index contributed by atoms with van der Waals surface area (Å²) in [4.78, 5) is 5.02. The van der Waals surface area contributed by atoms with Gasteiger partial charge in [0.1, 0.15) is 0 Å². The van der Waals surface area contributed by atoms with Crippen molar-refractivity contribution in [2.75, 3.05) is 19.6 Å². The molecule has 3 heterocycles. The van der Waals surface area contributed by atoms with Crippen LogP contribution in [0.2, 0.25) is 0 Å². The molecular weight excluding hydrogens is 449 g/mol. The Hall–Kier alpha value is 0.110. The maximum absolute atomic E-state index is 5.02. The molecule has 2 saturated heterocycles. The van der Waals surface area contributed by atoms with Crippen LogP contribution in [0.3, 0.4) is 0 Å². The van der Waals surface area contributed by atoms with Crippen molar-refractivity contribution in [3.05, 3.63) is 28.8 Å². The summed E-state index contributed by atoms with van der Waals surface area (Å²) in [5, 5.41) is 4.80. The topological polar surface area (TPSA) is 28.2 Å². The number of rotatable bonds is 3. The van der Waals surface area contributed by atoms with E-state index in [9.17, 15) is 0 Å². The zero-order valence-electron chi connectivity index (χ0n) is 14.0. The van der Waals surface area contributed by atoms with Crippen molar-refractivity contribution in [3.8, 4) is 0 Å². The summed E-state index contributed by atoms with van der Waals surface area (Å²) in [5.41, 5.74) is 2.66. The first-order valence-electron chi connectivity index (χ1n) is 8.91.